The smallest absolute Gasteiger partial charge is 0.250 e. The summed E-state index contributed by atoms with van der Waals surface area (Å²) in [6, 6.07) is 14.0. The van der Waals surface area contributed by atoms with Crippen LogP contribution < -0.4 is 11.3 Å². The first kappa shape index (κ1) is 13.9. The Kier molecular flexibility index (Phi) is 4.06. The first-order valence-corrected chi connectivity index (χ1v) is 7.46. The predicted octanol–water partition coefficient (Wildman–Crippen LogP) is 2.10. The van der Waals surface area contributed by atoms with Crippen molar-refractivity contribution in [1.29, 1.82) is 0 Å². The molecule has 2 N–H and O–H groups in total. The molecule has 1 saturated carbocycles. The number of nitrogens with two attached hydrogens (primary N) is 1. The molecule has 0 spiro atoms. The highest BCUT2D eigenvalue weighted by Crippen LogP contribution is 2.28. The Morgan fingerprint density at radius 2 is 2.05 bits per heavy atom. The first-order valence-electron chi connectivity index (χ1n) is 7.46. The monoisotopic (exact) mass is 283 g/mol. The Bertz CT molecular complexity index is 661. The zero-order chi connectivity index (χ0) is 14.7. The molecule has 1 aromatic heterocycles. The van der Waals surface area contributed by atoms with Gasteiger partial charge < -0.3 is 10.3 Å². The maximum atomic E-state index is 11.7. The largest absolute Gasteiger partial charge is 0.399 e. The van der Waals surface area contributed by atoms with Crippen LogP contribution in [0.2, 0.25) is 0 Å². The number of pyridine rings is 1. The third kappa shape index (κ3) is 3.73. The van der Waals surface area contributed by atoms with Gasteiger partial charge in [-0.1, -0.05) is 18.2 Å². The van der Waals surface area contributed by atoms with Gasteiger partial charge in [0.25, 0.3) is 5.56 Å². The fourth-order valence-corrected chi connectivity index (χ4v) is 2.64. The topological polar surface area (TPSA) is 51.3 Å². The molecule has 1 aliphatic rings. The van der Waals surface area contributed by atoms with Gasteiger partial charge >= 0.3 is 0 Å². The maximum Gasteiger partial charge on any atom is 0.250 e. The van der Waals surface area contributed by atoms with Crippen molar-refractivity contribution in [2.24, 2.45) is 0 Å². The number of anilines is 1. The molecule has 0 radical (unpaired) electrons. The molecule has 2 aromatic rings. The van der Waals surface area contributed by atoms with Gasteiger partial charge in [-0.15, -0.1) is 0 Å². The molecule has 1 heterocycles. The number of benzene rings is 1. The fourth-order valence-electron chi connectivity index (χ4n) is 2.64. The van der Waals surface area contributed by atoms with E-state index in [1.54, 1.807) is 16.7 Å². The average Bonchev–Trinajstić information content (AvgIpc) is 3.29. The quantitative estimate of drug-likeness (QED) is 0.826. The van der Waals surface area contributed by atoms with Crippen LogP contribution in [0.3, 0.4) is 0 Å². The van der Waals surface area contributed by atoms with Crippen LogP contribution in [0, 0.1) is 0 Å². The summed E-state index contributed by atoms with van der Waals surface area (Å²) >= 11 is 0. The van der Waals surface area contributed by atoms with E-state index < -0.39 is 0 Å². The summed E-state index contributed by atoms with van der Waals surface area (Å²) < 4.78 is 1.77. The number of aromatic nitrogens is 1. The molecule has 3 rings (SSSR count). The second-order valence-electron chi connectivity index (χ2n) is 5.68. The van der Waals surface area contributed by atoms with Gasteiger partial charge in [0.1, 0.15) is 0 Å². The Balaban J connectivity index is 1.65. The fraction of sp³-hybridized carbons (Fsp3) is 0.353. The SMILES string of the molecule is Nc1cccc(CN(CCn2ccccc2=O)C2CC2)c1. The van der Waals surface area contributed by atoms with Crippen molar-refractivity contribution in [3.05, 3.63) is 64.6 Å². The lowest BCUT2D eigenvalue weighted by Crippen LogP contribution is -2.32. The van der Waals surface area contributed by atoms with Gasteiger partial charge in [-0.25, -0.2) is 0 Å². The molecule has 4 heteroatoms. The van der Waals surface area contributed by atoms with Gasteiger partial charge in [0.2, 0.25) is 0 Å². The van der Waals surface area contributed by atoms with Crippen LogP contribution in [0.1, 0.15) is 18.4 Å². The maximum absolute atomic E-state index is 11.7. The zero-order valence-electron chi connectivity index (χ0n) is 12.1. The van der Waals surface area contributed by atoms with Crippen LogP contribution in [-0.2, 0) is 13.1 Å². The van der Waals surface area contributed by atoms with Gasteiger partial charge in [-0.3, -0.25) is 9.69 Å². The van der Waals surface area contributed by atoms with E-state index >= 15 is 0 Å². The first-order chi connectivity index (χ1) is 10.2. The van der Waals surface area contributed by atoms with Crippen molar-refractivity contribution in [3.63, 3.8) is 0 Å². The summed E-state index contributed by atoms with van der Waals surface area (Å²) in [6.07, 6.45) is 4.37. The molecular formula is C17H21N3O. The van der Waals surface area contributed by atoms with Gasteiger partial charge in [-0.2, -0.15) is 0 Å². The van der Waals surface area contributed by atoms with Gasteiger partial charge in [0.05, 0.1) is 0 Å². The number of hydrogen-bond donors (Lipinski definition) is 1. The summed E-state index contributed by atoms with van der Waals surface area (Å²) in [5.41, 5.74) is 7.96. The zero-order valence-corrected chi connectivity index (χ0v) is 12.1. The van der Waals surface area contributed by atoms with E-state index in [-0.39, 0.29) is 5.56 Å². The molecular weight excluding hydrogens is 262 g/mol. The lowest BCUT2D eigenvalue weighted by atomic mass is 10.2. The summed E-state index contributed by atoms with van der Waals surface area (Å²) in [6.45, 7) is 2.53. The van der Waals surface area contributed by atoms with Crippen molar-refractivity contribution in [2.75, 3.05) is 12.3 Å². The van der Waals surface area contributed by atoms with Crippen molar-refractivity contribution in [1.82, 2.24) is 9.47 Å². The lowest BCUT2D eigenvalue weighted by molar-refractivity contribution is 0.243. The molecule has 0 amide bonds. The number of hydrogen-bond acceptors (Lipinski definition) is 3. The third-order valence-corrected chi connectivity index (χ3v) is 3.93. The van der Waals surface area contributed by atoms with Crippen molar-refractivity contribution >= 4 is 5.69 Å². The van der Waals surface area contributed by atoms with Gasteiger partial charge in [0.15, 0.2) is 0 Å². The van der Waals surface area contributed by atoms with Crippen LogP contribution in [0.15, 0.2) is 53.5 Å². The molecule has 0 unspecified atom stereocenters. The minimum absolute atomic E-state index is 0.0669. The van der Waals surface area contributed by atoms with Crippen molar-refractivity contribution < 1.29 is 0 Å². The minimum atomic E-state index is 0.0669. The Morgan fingerprint density at radius 1 is 1.19 bits per heavy atom. The highest BCUT2D eigenvalue weighted by atomic mass is 16.1. The third-order valence-electron chi connectivity index (χ3n) is 3.93. The van der Waals surface area contributed by atoms with Gasteiger partial charge in [0, 0.05) is 43.6 Å². The molecule has 1 aromatic carbocycles. The highest BCUT2D eigenvalue weighted by Gasteiger charge is 2.28. The Hall–Kier alpha value is -2.07. The number of nitrogen functional groups attached to an aromatic ring is 1. The average molecular weight is 283 g/mol. The molecule has 4 nitrogen and oxygen atoms in total. The Morgan fingerprint density at radius 3 is 2.76 bits per heavy atom. The predicted molar refractivity (Wildman–Crippen MR) is 85.0 cm³/mol. The van der Waals surface area contributed by atoms with Crippen LogP contribution >= 0.6 is 0 Å². The van der Waals surface area contributed by atoms with E-state index in [0.29, 0.717) is 6.04 Å². The van der Waals surface area contributed by atoms with E-state index in [0.717, 1.165) is 25.3 Å². The standard InChI is InChI=1S/C17H21N3O/c18-15-5-3-4-14(12-15)13-20(16-7-8-16)11-10-19-9-2-1-6-17(19)21/h1-6,9,12,16H,7-8,10-11,13,18H2. The summed E-state index contributed by atoms with van der Waals surface area (Å²) in [7, 11) is 0. The molecule has 0 aliphatic heterocycles. The second kappa shape index (κ2) is 6.14. The molecule has 0 saturated heterocycles. The second-order valence-corrected chi connectivity index (χ2v) is 5.68. The molecule has 0 bridgehead atoms. The molecule has 21 heavy (non-hydrogen) atoms. The minimum Gasteiger partial charge on any atom is -0.399 e. The summed E-state index contributed by atoms with van der Waals surface area (Å²) in [4.78, 5) is 14.2. The number of nitrogens with zero attached hydrogens (tertiary/aromatic N) is 2. The van der Waals surface area contributed by atoms with E-state index in [4.69, 9.17) is 5.73 Å². The normalized spacial score (nSPS) is 14.5. The molecule has 0 atom stereocenters. The summed E-state index contributed by atoms with van der Waals surface area (Å²) in [5, 5.41) is 0. The van der Waals surface area contributed by atoms with E-state index in [1.807, 2.05) is 30.5 Å². The van der Waals surface area contributed by atoms with E-state index in [9.17, 15) is 4.79 Å². The van der Waals surface area contributed by atoms with Crippen LogP contribution in [0.5, 0.6) is 0 Å². The number of rotatable bonds is 6. The van der Waals surface area contributed by atoms with E-state index in [2.05, 4.69) is 11.0 Å². The van der Waals surface area contributed by atoms with Gasteiger partial charge in [-0.05, 0) is 36.6 Å². The highest BCUT2D eigenvalue weighted by molar-refractivity contribution is 5.40. The Labute approximate surface area is 124 Å². The molecule has 1 aliphatic carbocycles. The van der Waals surface area contributed by atoms with Crippen molar-refractivity contribution in [3.8, 4) is 0 Å². The molecule has 110 valence electrons. The van der Waals surface area contributed by atoms with Crippen LogP contribution in [0.4, 0.5) is 5.69 Å². The molecule has 1 fully saturated rings. The van der Waals surface area contributed by atoms with E-state index in [1.165, 1.54) is 18.4 Å². The van der Waals surface area contributed by atoms with Crippen molar-refractivity contribution in [2.45, 2.75) is 32.0 Å². The van der Waals surface area contributed by atoms with Crippen LogP contribution in [-0.4, -0.2) is 22.1 Å². The summed E-state index contributed by atoms with van der Waals surface area (Å²) in [5.74, 6) is 0. The van der Waals surface area contributed by atoms with Crippen LogP contribution in [0.25, 0.3) is 0 Å². The lowest BCUT2D eigenvalue weighted by Gasteiger charge is -2.22.